The number of thiocarbonyl (C=S) groups is 1. The van der Waals surface area contributed by atoms with Crippen LogP contribution in [0.5, 0.6) is 0 Å². The first-order chi connectivity index (χ1) is 14.0. The standard InChI is InChI=1S/C23H19N3OS2/c1-14-7-3-4-8-17(14)21(27)26-23(28)25-18-12-11-16(13-15(18)2)22-24-19-9-5-6-10-20(19)29-22/h3-13H,1-2H3,(H2,25,26,27,28). The van der Waals surface area contributed by atoms with Gasteiger partial charge in [0, 0.05) is 16.8 Å². The second-order valence-corrected chi connectivity index (χ2v) is 8.18. The lowest BCUT2D eigenvalue weighted by molar-refractivity contribution is 0.0977. The number of nitrogens with one attached hydrogen (secondary N) is 2. The zero-order chi connectivity index (χ0) is 20.4. The van der Waals surface area contributed by atoms with Crippen molar-refractivity contribution in [3.63, 3.8) is 0 Å². The number of nitrogens with zero attached hydrogens (tertiary/aromatic N) is 1. The normalized spacial score (nSPS) is 10.7. The summed E-state index contributed by atoms with van der Waals surface area (Å²) >= 11 is 7.00. The Kier molecular flexibility index (Phi) is 5.38. The Hall–Kier alpha value is -3.09. The number of carbonyl (C=O) groups is 1. The van der Waals surface area contributed by atoms with E-state index in [-0.39, 0.29) is 11.0 Å². The molecule has 1 amide bonds. The fraction of sp³-hybridized carbons (Fsp3) is 0.0870. The Morgan fingerprint density at radius 2 is 1.72 bits per heavy atom. The summed E-state index contributed by atoms with van der Waals surface area (Å²) in [5.74, 6) is -0.218. The first-order valence-corrected chi connectivity index (χ1v) is 10.4. The van der Waals surface area contributed by atoms with E-state index in [4.69, 9.17) is 17.2 Å². The largest absolute Gasteiger partial charge is 0.332 e. The molecule has 1 aromatic heterocycles. The Balaban J connectivity index is 1.49. The fourth-order valence-corrected chi connectivity index (χ4v) is 4.25. The molecule has 6 heteroatoms. The number of hydrogen-bond donors (Lipinski definition) is 2. The van der Waals surface area contributed by atoms with Gasteiger partial charge in [-0.2, -0.15) is 0 Å². The molecule has 0 aliphatic carbocycles. The molecule has 0 saturated carbocycles. The van der Waals surface area contributed by atoms with E-state index in [1.54, 1.807) is 17.4 Å². The van der Waals surface area contributed by atoms with Gasteiger partial charge in [-0.15, -0.1) is 11.3 Å². The summed E-state index contributed by atoms with van der Waals surface area (Å²) in [5.41, 5.74) is 5.46. The molecular formula is C23H19N3OS2. The third-order valence-corrected chi connectivity index (χ3v) is 5.92. The molecule has 0 atom stereocenters. The lowest BCUT2D eigenvalue weighted by Gasteiger charge is -2.13. The van der Waals surface area contributed by atoms with Gasteiger partial charge in [0.25, 0.3) is 5.91 Å². The van der Waals surface area contributed by atoms with E-state index >= 15 is 0 Å². The van der Waals surface area contributed by atoms with Crippen molar-refractivity contribution in [3.8, 4) is 10.6 Å². The lowest BCUT2D eigenvalue weighted by Crippen LogP contribution is -2.34. The molecule has 4 aromatic rings. The van der Waals surface area contributed by atoms with Crippen molar-refractivity contribution >= 4 is 50.5 Å². The summed E-state index contributed by atoms with van der Waals surface area (Å²) in [5, 5.41) is 7.12. The van der Waals surface area contributed by atoms with Crippen LogP contribution < -0.4 is 10.6 Å². The highest BCUT2D eigenvalue weighted by atomic mass is 32.1. The van der Waals surface area contributed by atoms with E-state index in [1.807, 2.05) is 62.4 Å². The second kappa shape index (κ2) is 8.11. The van der Waals surface area contributed by atoms with E-state index < -0.39 is 0 Å². The van der Waals surface area contributed by atoms with Gasteiger partial charge in [-0.1, -0.05) is 30.3 Å². The van der Waals surface area contributed by atoms with E-state index in [1.165, 1.54) is 4.70 Å². The number of aromatic nitrogens is 1. The van der Waals surface area contributed by atoms with Crippen LogP contribution in [0.4, 0.5) is 5.69 Å². The smallest absolute Gasteiger partial charge is 0.257 e. The van der Waals surface area contributed by atoms with Gasteiger partial charge in [-0.3, -0.25) is 10.1 Å². The highest BCUT2D eigenvalue weighted by Gasteiger charge is 2.12. The molecule has 0 aliphatic rings. The summed E-state index contributed by atoms with van der Waals surface area (Å²) in [6.07, 6.45) is 0. The van der Waals surface area contributed by atoms with Crippen LogP contribution in [0.1, 0.15) is 21.5 Å². The van der Waals surface area contributed by atoms with E-state index in [0.717, 1.165) is 32.9 Å². The van der Waals surface area contributed by atoms with Gasteiger partial charge < -0.3 is 5.32 Å². The van der Waals surface area contributed by atoms with Crippen LogP contribution in [0.3, 0.4) is 0 Å². The van der Waals surface area contributed by atoms with Gasteiger partial charge in [0.05, 0.1) is 10.2 Å². The molecule has 0 spiro atoms. The maximum atomic E-state index is 12.4. The van der Waals surface area contributed by atoms with E-state index in [0.29, 0.717) is 5.56 Å². The molecule has 4 rings (SSSR count). The van der Waals surface area contributed by atoms with Crippen LogP contribution >= 0.6 is 23.6 Å². The zero-order valence-electron chi connectivity index (χ0n) is 16.0. The molecule has 2 N–H and O–H groups in total. The lowest BCUT2D eigenvalue weighted by atomic mass is 10.1. The number of amides is 1. The third kappa shape index (κ3) is 4.18. The minimum absolute atomic E-state index is 0.218. The minimum atomic E-state index is -0.218. The van der Waals surface area contributed by atoms with Crippen molar-refractivity contribution in [3.05, 3.63) is 83.4 Å². The first kappa shape index (κ1) is 19.2. The fourth-order valence-electron chi connectivity index (χ4n) is 3.08. The van der Waals surface area contributed by atoms with Gasteiger partial charge in [-0.05, 0) is 73.6 Å². The predicted octanol–water partition coefficient (Wildman–Crippen LogP) is 5.71. The number of para-hydroxylation sites is 1. The Morgan fingerprint density at radius 1 is 0.966 bits per heavy atom. The van der Waals surface area contributed by atoms with E-state index in [2.05, 4.69) is 22.8 Å². The molecule has 0 unspecified atom stereocenters. The van der Waals surface area contributed by atoms with Crippen molar-refractivity contribution in [2.75, 3.05) is 5.32 Å². The summed E-state index contributed by atoms with van der Waals surface area (Å²) in [6, 6.07) is 21.6. The van der Waals surface area contributed by atoms with Crippen LogP contribution in [-0.4, -0.2) is 16.0 Å². The van der Waals surface area contributed by atoms with E-state index in [9.17, 15) is 4.79 Å². The number of thiazole rings is 1. The molecule has 0 fully saturated rings. The molecule has 144 valence electrons. The van der Waals surface area contributed by atoms with Gasteiger partial charge in [-0.25, -0.2) is 4.98 Å². The maximum absolute atomic E-state index is 12.4. The predicted molar refractivity (Wildman–Crippen MR) is 125 cm³/mol. The number of hydrogen-bond acceptors (Lipinski definition) is 4. The van der Waals surface area contributed by atoms with Gasteiger partial charge in [0.15, 0.2) is 5.11 Å². The average Bonchev–Trinajstić information content (AvgIpc) is 3.14. The van der Waals surface area contributed by atoms with Gasteiger partial charge in [0.1, 0.15) is 5.01 Å². The molecule has 0 bridgehead atoms. The molecule has 0 saturated heterocycles. The highest BCUT2D eigenvalue weighted by Crippen LogP contribution is 2.31. The minimum Gasteiger partial charge on any atom is -0.332 e. The molecule has 0 radical (unpaired) electrons. The number of fused-ring (bicyclic) bond motifs is 1. The van der Waals surface area contributed by atoms with Crippen molar-refractivity contribution in [1.29, 1.82) is 0 Å². The van der Waals surface area contributed by atoms with Crippen LogP contribution in [0, 0.1) is 13.8 Å². The summed E-state index contributed by atoms with van der Waals surface area (Å²) < 4.78 is 1.17. The average molecular weight is 418 g/mol. The first-order valence-electron chi connectivity index (χ1n) is 9.16. The number of benzene rings is 3. The second-order valence-electron chi connectivity index (χ2n) is 6.74. The molecule has 0 aliphatic heterocycles. The molecule has 29 heavy (non-hydrogen) atoms. The zero-order valence-corrected chi connectivity index (χ0v) is 17.7. The van der Waals surface area contributed by atoms with Crippen molar-refractivity contribution < 1.29 is 4.79 Å². The van der Waals surface area contributed by atoms with Crippen LogP contribution in [-0.2, 0) is 0 Å². The Labute approximate surface area is 178 Å². The monoisotopic (exact) mass is 417 g/mol. The van der Waals surface area contributed by atoms with Crippen molar-refractivity contribution in [1.82, 2.24) is 10.3 Å². The molecule has 4 nitrogen and oxygen atoms in total. The van der Waals surface area contributed by atoms with Crippen molar-refractivity contribution in [2.45, 2.75) is 13.8 Å². The van der Waals surface area contributed by atoms with Gasteiger partial charge in [0.2, 0.25) is 0 Å². The maximum Gasteiger partial charge on any atom is 0.257 e. The highest BCUT2D eigenvalue weighted by molar-refractivity contribution is 7.80. The number of carbonyl (C=O) groups excluding carboxylic acids is 1. The Bertz CT molecular complexity index is 1200. The van der Waals surface area contributed by atoms with Crippen LogP contribution in [0.25, 0.3) is 20.8 Å². The SMILES string of the molecule is Cc1cc(-c2nc3ccccc3s2)ccc1NC(=S)NC(=O)c1ccccc1C. The third-order valence-electron chi connectivity index (χ3n) is 4.63. The molecule has 3 aromatic carbocycles. The number of aryl methyl sites for hydroxylation is 2. The molecule has 1 heterocycles. The van der Waals surface area contributed by atoms with Gasteiger partial charge >= 0.3 is 0 Å². The summed E-state index contributed by atoms with van der Waals surface area (Å²) in [7, 11) is 0. The molecular weight excluding hydrogens is 398 g/mol. The summed E-state index contributed by atoms with van der Waals surface area (Å²) in [6.45, 7) is 3.90. The number of rotatable bonds is 3. The topological polar surface area (TPSA) is 54.0 Å². The summed E-state index contributed by atoms with van der Waals surface area (Å²) in [4.78, 5) is 17.1. The quantitative estimate of drug-likeness (QED) is 0.420. The Morgan fingerprint density at radius 3 is 2.48 bits per heavy atom. The van der Waals surface area contributed by atoms with Crippen LogP contribution in [0.15, 0.2) is 66.7 Å². The van der Waals surface area contributed by atoms with Crippen LogP contribution in [0.2, 0.25) is 0 Å². The van der Waals surface area contributed by atoms with Crippen molar-refractivity contribution in [2.24, 2.45) is 0 Å². The number of anilines is 1.